The lowest BCUT2D eigenvalue weighted by atomic mass is 10.1. The summed E-state index contributed by atoms with van der Waals surface area (Å²) in [6, 6.07) is 27.0. The van der Waals surface area contributed by atoms with Gasteiger partial charge in [-0.3, -0.25) is 9.59 Å². The molecule has 0 saturated heterocycles. The van der Waals surface area contributed by atoms with Crippen LogP contribution in [0.25, 0.3) is 21.5 Å². The second kappa shape index (κ2) is 11.7. The molecule has 0 aliphatic rings. The summed E-state index contributed by atoms with van der Waals surface area (Å²) >= 11 is 2.49. The number of benzene rings is 4. The average Bonchev–Trinajstić information content (AvgIpc) is 2.87. The SMILES string of the molecule is N#Cc1ccc2cc(SC(=O)CCCCCC(=O)Sc3ccc4cc(C#N)ccc4c3)ccc2c1. The summed E-state index contributed by atoms with van der Waals surface area (Å²) in [5.41, 5.74) is 1.25. The van der Waals surface area contributed by atoms with Crippen molar-refractivity contribution in [2.45, 2.75) is 41.9 Å². The first kappa shape index (κ1) is 24.5. The minimum Gasteiger partial charge on any atom is -0.287 e. The topological polar surface area (TPSA) is 81.7 Å². The van der Waals surface area contributed by atoms with E-state index >= 15 is 0 Å². The molecule has 0 radical (unpaired) electrons. The van der Waals surface area contributed by atoms with Gasteiger partial charge in [0.2, 0.25) is 0 Å². The van der Waals surface area contributed by atoms with Crippen LogP contribution in [0.1, 0.15) is 43.2 Å². The maximum absolute atomic E-state index is 12.4. The van der Waals surface area contributed by atoms with E-state index in [1.165, 1.54) is 23.5 Å². The number of thioether (sulfide) groups is 2. The first-order valence-electron chi connectivity index (χ1n) is 11.3. The monoisotopic (exact) mass is 494 g/mol. The number of nitrogens with zero attached hydrogens (tertiary/aromatic N) is 2. The second-order valence-corrected chi connectivity index (χ2v) is 10.4. The zero-order valence-electron chi connectivity index (χ0n) is 19.0. The highest BCUT2D eigenvalue weighted by molar-refractivity contribution is 8.13. The quantitative estimate of drug-likeness (QED) is 0.185. The highest BCUT2D eigenvalue weighted by Crippen LogP contribution is 2.28. The molecular weight excluding hydrogens is 472 g/mol. The van der Waals surface area contributed by atoms with Crippen molar-refractivity contribution in [3.05, 3.63) is 83.9 Å². The number of rotatable bonds is 8. The van der Waals surface area contributed by atoms with E-state index in [1.54, 1.807) is 12.1 Å². The Morgan fingerprint density at radius 3 is 1.40 bits per heavy atom. The molecular formula is C29H22N2O2S2. The third kappa shape index (κ3) is 6.73. The van der Waals surface area contributed by atoms with Gasteiger partial charge in [-0.1, -0.05) is 54.2 Å². The molecule has 0 aromatic heterocycles. The van der Waals surface area contributed by atoms with E-state index in [4.69, 9.17) is 10.5 Å². The normalized spacial score (nSPS) is 10.7. The lowest BCUT2D eigenvalue weighted by molar-refractivity contribution is -0.111. The highest BCUT2D eigenvalue weighted by Gasteiger charge is 2.09. The Bertz CT molecular complexity index is 1390. The molecule has 0 atom stereocenters. The molecule has 0 N–H and O–H groups in total. The molecule has 4 nitrogen and oxygen atoms in total. The molecule has 0 fully saturated rings. The van der Waals surface area contributed by atoms with Crippen LogP contribution in [0.4, 0.5) is 0 Å². The Hall–Kier alpha value is -3.58. The largest absolute Gasteiger partial charge is 0.287 e. The van der Waals surface area contributed by atoms with E-state index < -0.39 is 0 Å². The van der Waals surface area contributed by atoms with Crippen LogP contribution >= 0.6 is 23.5 Å². The summed E-state index contributed by atoms with van der Waals surface area (Å²) in [4.78, 5) is 26.5. The van der Waals surface area contributed by atoms with Crippen LogP contribution in [0, 0.1) is 22.7 Å². The van der Waals surface area contributed by atoms with Crippen molar-refractivity contribution in [2.24, 2.45) is 0 Å². The molecule has 35 heavy (non-hydrogen) atoms. The van der Waals surface area contributed by atoms with Crippen LogP contribution in [0.5, 0.6) is 0 Å². The van der Waals surface area contributed by atoms with Crippen LogP contribution in [0.2, 0.25) is 0 Å². The van der Waals surface area contributed by atoms with Gasteiger partial charge in [-0.05, 0) is 82.9 Å². The fourth-order valence-electron chi connectivity index (χ4n) is 3.79. The maximum atomic E-state index is 12.4. The molecule has 4 rings (SSSR count). The third-order valence-electron chi connectivity index (χ3n) is 5.61. The summed E-state index contributed by atoms with van der Waals surface area (Å²) in [5.74, 6) is 0. The van der Waals surface area contributed by atoms with E-state index in [2.05, 4.69) is 12.1 Å². The molecule has 6 heteroatoms. The van der Waals surface area contributed by atoms with Gasteiger partial charge in [0.15, 0.2) is 10.2 Å². The second-order valence-electron chi connectivity index (χ2n) is 8.18. The molecule has 4 aromatic rings. The van der Waals surface area contributed by atoms with E-state index in [9.17, 15) is 9.59 Å². The lowest BCUT2D eigenvalue weighted by Gasteiger charge is -2.05. The third-order valence-corrected chi connectivity index (χ3v) is 7.45. The minimum atomic E-state index is 0.120. The van der Waals surface area contributed by atoms with E-state index in [0.29, 0.717) is 24.0 Å². The number of nitriles is 2. The van der Waals surface area contributed by atoms with E-state index in [1.807, 2.05) is 60.7 Å². The number of hydrogen-bond donors (Lipinski definition) is 0. The molecule has 0 amide bonds. The van der Waals surface area contributed by atoms with Crippen molar-refractivity contribution in [3.8, 4) is 12.1 Å². The number of fused-ring (bicyclic) bond motifs is 2. The molecule has 0 spiro atoms. The molecule has 0 saturated carbocycles. The lowest BCUT2D eigenvalue weighted by Crippen LogP contribution is -1.94. The van der Waals surface area contributed by atoms with Crippen molar-refractivity contribution < 1.29 is 9.59 Å². The van der Waals surface area contributed by atoms with Crippen molar-refractivity contribution in [1.82, 2.24) is 0 Å². The van der Waals surface area contributed by atoms with Crippen LogP contribution in [0.15, 0.2) is 82.6 Å². The van der Waals surface area contributed by atoms with Gasteiger partial charge in [0, 0.05) is 22.6 Å². The number of unbranched alkanes of at least 4 members (excludes halogenated alkanes) is 2. The Balaban J connectivity index is 1.18. The first-order chi connectivity index (χ1) is 17.0. The zero-order valence-corrected chi connectivity index (χ0v) is 20.6. The Labute approximate surface area is 212 Å². The fourth-order valence-corrected chi connectivity index (χ4v) is 5.46. The van der Waals surface area contributed by atoms with Gasteiger partial charge in [0.05, 0.1) is 23.3 Å². The average molecular weight is 495 g/mol. The van der Waals surface area contributed by atoms with Crippen LogP contribution in [-0.4, -0.2) is 10.2 Å². The predicted molar refractivity (Wildman–Crippen MR) is 142 cm³/mol. The fraction of sp³-hybridized carbons (Fsp3) is 0.172. The molecule has 0 aliphatic carbocycles. The van der Waals surface area contributed by atoms with Crippen LogP contribution in [0.3, 0.4) is 0 Å². The van der Waals surface area contributed by atoms with Gasteiger partial charge in [-0.2, -0.15) is 10.5 Å². The van der Waals surface area contributed by atoms with Crippen molar-refractivity contribution >= 4 is 55.3 Å². The van der Waals surface area contributed by atoms with Crippen LogP contribution in [-0.2, 0) is 9.59 Å². The molecule has 4 aromatic carbocycles. The standard InChI is InChI=1S/C29H22N2O2S2/c30-18-20-6-8-24-16-26(12-10-22(24)14-20)34-28(32)4-2-1-3-5-29(33)35-27-13-11-23-15-21(19-31)7-9-25(23)17-27/h6-17H,1-5H2. The minimum absolute atomic E-state index is 0.120. The van der Waals surface area contributed by atoms with E-state index in [-0.39, 0.29) is 10.2 Å². The van der Waals surface area contributed by atoms with Gasteiger partial charge in [-0.25, -0.2) is 0 Å². The molecule has 0 heterocycles. The Kier molecular flexibility index (Phi) is 8.21. The molecule has 0 aliphatic heterocycles. The van der Waals surface area contributed by atoms with Gasteiger partial charge in [-0.15, -0.1) is 0 Å². The summed E-state index contributed by atoms with van der Waals surface area (Å²) in [7, 11) is 0. The molecule has 172 valence electrons. The van der Waals surface area contributed by atoms with Gasteiger partial charge in [0.25, 0.3) is 0 Å². The summed E-state index contributed by atoms with van der Waals surface area (Å²) in [6.07, 6.45) is 3.32. The Morgan fingerprint density at radius 2 is 0.971 bits per heavy atom. The van der Waals surface area contributed by atoms with E-state index in [0.717, 1.165) is 50.6 Å². The van der Waals surface area contributed by atoms with Crippen molar-refractivity contribution in [1.29, 1.82) is 10.5 Å². The molecule has 0 bridgehead atoms. The highest BCUT2D eigenvalue weighted by atomic mass is 32.2. The summed E-state index contributed by atoms with van der Waals surface area (Å²) in [6.45, 7) is 0. The summed E-state index contributed by atoms with van der Waals surface area (Å²) in [5, 5.41) is 22.3. The Morgan fingerprint density at radius 1 is 0.571 bits per heavy atom. The van der Waals surface area contributed by atoms with Crippen LogP contribution < -0.4 is 0 Å². The number of carbonyl (C=O) groups is 2. The zero-order chi connectivity index (χ0) is 24.6. The van der Waals surface area contributed by atoms with Crippen molar-refractivity contribution in [2.75, 3.05) is 0 Å². The van der Waals surface area contributed by atoms with Gasteiger partial charge >= 0.3 is 0 Å². The number of carbonyl (C=O) groups excluding carboxylic acids is 2. The first-order valence-corrected chi connectivity index (χ1v) is 13.0. The number of hydrogen-bond acceptors (Lipinski definition) is 6. The predicted octanol–water partition coefficient (Wildman–Crippen LogP) is 7.62. The molecule has 0 unspecified atom stereocenters. The van der Waals surface area contributed by atoms with Gasteiger partial charge in [0.1, 0.15) is 0 Å². The smallest absolute Gasteiger partial charge is 0.193 e. The van der Waals surface area contributed by atoms with Gasteiger partial charge < -0.3 is 0 Å². The maximum Gasteiger partial charge on any atom is 0.193 e. The van der Waals surface area contributed by atoms with Crippen molar-refractivity contribution in [3.63, 3.8) is 0 Å². The summed E-state index contributed by atoms with van der Waals surface area (Å²) < 4.78 is 0.